The number of hydrogen-bond acceptors (Lipinski definition) is 5. The predicted octanol–water partition coefficient (Wildman–Crippen LogP) is 4.52. The van der Waals surface area contributed by atoms with Gasteiger partial charge in [0, 0.05) is 18.1 Å². The fourth-order valence-electron chi connectivity index (χ4n) is 4.18. The van der Waals surface area contributed by atoms with E-state index in [0.29, 0.717) is 5.56 Å². The van der Waals surface area contributed by atoms with E-state index in [1.165, 1.54) is 12.1 Å². The Hall–Kier alpha value is -4.20. The average Bonchev–Trinajstić information content (AvgIpc) is 3.14. The van der Waals surface area contributed by atoms with Gasteiger partial charge in [-0.3, -0.25) is 10.1 Å². The number of nitro benzene ring substituents is 1. The topological polar surface area (TPSA) is 119 Å². The minimum Gasteiger partial charge on any atom is -0.480 e. The van der Waals surface area contributed by atoms with Crippen molar-refractivity contribution in [3.8, 4) is 11.1 Å². The molecule has 0 fully saturated rings. The number of carboxylic acids is 1. The van der Waals surface area contributed by atoms with Gasteiger partial charge in [-0.1, -0.05) is 60.7 Å². The number of nitrogens with zero attached hydrogens (tertiary/aromatic N) is 1. The number of ether oxygens (including phenoxy) is 1. The van der Waals surface area contributed by atoms with E-state index in [1.807, 2.05) is 48.5 Å². The maximum absolute atomic E-state index is 12.4. The standard InChI is InChI=1S/C25H22N2O6/c28-24(29)23(13-12-16-6-5-7-17(14-16)27(31)32)26-25(30)33-15-22-20-10-3-1-8-18(20)19-9-2-4-11-21(19)22/h1-11,14,22-23H,12-13,15H2,(H,26,30)(H,28,29)/t23-/m1/s1. The van der Waals surface area contributed by atoms with Gasteiger partial charge in [-0.05, 0) is 40.7 Å². The lowest BCUT2D eigenvalue weighted by Crippen LogP contribution is -2.41. The van der Waals surface area contributed by atoms with Crippen molar-refractivity contribution in [2.24, 2.45) is 0 Å². The van der Waals surface area contributed by atoms with Crippen molar-refractivity contribution in [3.05, 3.63) is 99.6 Å². The van der Waals surface area contributed by atoms with Crippen molar-refractivity contribution in [1.82, 2.24) is 5.32 Å². The molecule has 1 aliphatic carbocycles. The lowest BCUT2D eigenvalue weighted by atomic mass is 9.98. The molecule has 1 aliphatic rings. The normalized spacial score (nSPS) is 13.0. The highest BCUT2D eigenvalue weighted by Crippen LogP contribution is 2.44. The van der Waals surface area contributed by atoms with Crippen LogP contribution in [0.3, 0.4) is 0 Å². The number of nitrogens with one attached hydrogen (secondary N) is 1. The number of carbonyl (C=O) groups excluding carboxylic acids is 1. The molecule has 0 aromatic heterocycles. The number of aliphatic carboxylic acids is 1. The summed E-state index contributed by atoms with van der Waals surface area (Å²) in [6.07, 6.45) is -0.494. The van der Waals surface area contributed by atoms with Crippen molar-refractivity contribution in [2.75, 3.05) is 6.61 Å². The van der Waals surface area contributed by atoms with Gasteiger partial charge in [0.15, 0.2) is 0 Å². The van der Waals surface area contributed by atoms with Crippen LogP contribution in [0.2, 0.25) is 0 Å². The number of aryl methyl sites for hydroxylation is 1. The zero-order valence-electron chi connectivity index (χ0n) is 17.6. The van der Waals surface area contributed by atoms with Crippen molar-refractivity contribution in [2.45, 2.75) is 24.8 Å². The second-order valence-electron chi connectivity index (χ2n) is 7.83. The van der Waals surface area contributed by atoms with Crippen molar-refractivity contribution >= 4 is 17.7 Å². The minimum atomic E-state index is -1.20. The molecule has 1 amide bonds. The zero-order chi connectivity index (χ0) is 23.4. The van der Waals surface area contributed by atoms with Gasteiger partial charge in [0.25, 0.3) is 5.69 Å². The van der Waals surface area contributed by atoms with Gasteiger partial charge >= 0.3 is 12.1 Å². The van der Waals surface area contributed by atoms with Crippen LogP contribution in [0, 0.1) is 10.1 Å². The molecular weight excluding hydrogens is 424 g/mol. The molecule has 4 rings (SSSR count). The molecule has 2 N–H and O–H groups in total. The number of amides is 1. The maximum Gasteiger partial charge on any atom is 0.407 e. The Morgan fingerprint density at radius 3 is 2.24 bits per heavy atom. The van der Waals surface area contributed by atoms with Crippen LogP contribution < -0.4 is 5.32 Å². The number of carbonyl (C=O) groups is 2. The molecule has 8 heteroatoms. The van der Waals surface area contributed by atoms with E-state index in [-0.39, 0.29) is 31.1 Å². The van der Waals surface area contributed by atoms with Gasteiger partial charge in [-0.2, -0.15) is 0 Å². The minimum absolute atomic E-state index is 0.0659. The molecule has 0 saturated heterocycles. The lowest BCUT2D eigenvalue weighted by Gasteiger charge is -2.17. The fourth-order valence-corrected chi connectivity index (χ4v) is 4.18. The summed E-state index contributed by atoms with van der Waals surface area (Å²) in [4.78, 5) is 34.5. The van der Waals surface area contributed by atoms with Crippen molar-refractivity contribution in [1.29, 1.82) is 0 Å². The summed E-state index contributed by atoms with van der Waals surface area (Å²) in [6, 6.07) is 20.7. The molecule has 3 aromatic carbocycles. The Labute approximate surface area is 190 Å². The van der Waals surface area contributed by atoms with E-state index >= 15 is 0 Å². The molecule has 8 nitrogen and oxygen atoms in total. The molecule has 0 saturated carbocycles. The second kappa shape index (κ2) is 9.52. The van der Waals surface area contributed by atoms with Crippen LogP contribution in [0.15, 0.2) is 72.8 Å². The molecule has 1 atom stereocenters. The highest BCUT2D eigenvalue weighted by molar-refractivity contribution is 5.81. The van der Waals surface area contributed by atoms with E-state index in [2.05, 4.69) is 5.32 Å². The monoisotopic (exact) mass is 446 g/mol. The summed E-state index contributed by atoms with van der Waals surface area (Å²) in [6.45, 7) is 0.0804. The number of fused-ring (bicyclic) bond motifs is 3. The molecule has 168 valence electrons. The largest absolute Gasteiger partial charge is 0.480 e. The van der Waals surface area contributed by atoms with Crippen molar-refractivity contribution in [3.63, 3.8) is 0 Å². The Kier molecular flexibility index (Phi) is 6.35. The first-order chi connectivity index (χ1) is 15.9. The summed E-state index contributed by atoms with van der Waals surface area (Å²) in [7, 11) is 0. The first-order valence-electron chi connectivity index (χ1n) is 10.5. The van der Waals surface area contributed by atoms with Gasteiger partial charge in [-0.15, -0.1) is 0 Å². The van der Waals surface area contributed by atoms with Crippen LogP contribution in [-0.2, 0) is 16.0 Å². The van der Waals surface area contributed by atoms with Crippen LogP contribution in [0.1, 0.15) is 29.0 Å². The average molecular weight is 446 g/mol. The first-order valence-corrected chi connectivity index (χ1v) is 10.5. The van der Waals surface area contributed by atoms with Gasteiger partial charge in [0.1, 0.15) is 12.6 Å². The SMILES string of the molecule is O=C(N[C@H](CCc1cccc([N+](=O)[O-])c1)C(=O)O)OCC1c2ccccc2-c2ccccc21. The Morgan fingerprint density at radius 2 is 1.64 bits per heavy atom. The Balaban J connectivity index is 1.38. The summed E-state index contributed by atoms with van der Waals surface area (Å²) in [5.74, 6) is -1.33. The number of benzene rings is 3. The fraction of sp³-hybridized carbons (Fsp3) is 0.200. The first kappa shape index (κ1) is 22.0. The molecular formula is C25H22N2O6. The number of hydrogen-bond donors (Lipinski definition) is 2. The summed E-state index contributed by atoms with van der Waals surface area (Å²) >= 11 is 0. The highest BCUT2D eigenvalue weighted by Gasteiger charge is 2.29. The van der Waals surface area contributed by atoms with E-state index in [4.69, 9.17) is 4.74 Å². The number of non-ortho nitro benzene ring substituents is 1. The lowest BCUT2D eigenvalue weighted by molar-refractivity contribution is -0.384. The summed E-state index contributed by atoms with van der Waals surface area (Å²) < 4.78 is 5.42. The number of carboxylic acid groups (broad SMARTS) is 1. The van der Waals surface area contributed by atoms with Gasteiger partial charge in [0.05, 0.1) is 4.92 Å². The molecule has 33 heavy (non-hydrogen) atoms. The summed E-state index contributed by atoms with van der Waals surface area (Å²) in [5, 5.41) is 22.8. The van der Waals surface area contributed by atoms with E-state index in [9.17, 15) is 24.8 Å². The third-order valence-corrected chi connectivity index (χ3v) is 5.78. The summed E-state index contributed by atoms with van der Waals surface area (Å²) in [5.41, 5.74) is 4.87. The molecule has 0 bridgehead atoms. The highest BCUT2D eigenvalue weighted by atomic mass is 16.6. The quantitative estimate of drug-likeness (QED) is 0.388. The van der Waals surface area contributed by atoms with E-state index in [0.717, 1.165) is 22.3 Å². The molecule has 0 radical (unpaired) electrons. The smallest absolute Gasteiger partial charge is 0.407 e. The number of alkyl carbamates (subject to hydrolysis) is 1. The van der Waals surface area contributed by atoms with Crippen LogP contribution in [0.25, 0.3) is 11.1 Å². The van der Waals surface area contributed by atoms with E-state index in [1.54, 1.807) is 12.1 Å². The van der Waals surface area contributed by atoms with E-state index < -0.39 is 23.0 Å². The molecule has 0 heterocycles. The zero-order valence-corrected chi connectivity index (χ0v) is 17.6. The third kappa shape index (κ3) is 4.85. The predicted molar refractivity (Wildman–Crippen MR) is 121 cm³/mol. The van der Waals surface area contributed by atoms with Gasteiger partial charge < -0.3 is 15.2 Å². The van der Waals surface area contributed by atoms with Crippen LogP contribution in [-0.4, -0.2) is 34.7 Å². The third-order valence-electron chi connectivity index (χ3n) is 5.78. The van der Waals surface area contributed by atoms with Crippen LogP contribution in [0.5, 0.6) is 0 Å². The van der Waals surface area contributed by atoms with Gasteiger partial charge in [0.2, 0.25) is 0 Å². The van der Waals surface area contributed by atoms with Gasteiger partial charge in [-0.25, -0.2) is 9.59 Å². The number of rotatable bonds is 8. The maximum atomic E-state index is 12.4. The van der Waals surface area contributed by atoms with Crippen LogP contribution >= 0.6 is 0 Å². The second-order valence-corrected chi connectivity index (χ2v) is 7.83. The Bertz CT molecular complexity index is 1160. The molecule has 0 spiro atoms. The Morgan fingerprint density at radius 1 is 1.00 bits per heavy atom. The van der Waals surface area contributed by atoms with Crippen molar-refractivity contribution < 1.29 is 24.4 Å². The molecule has 0 aliphatic heterocycles. The number of nitro groups is 1. The molecule has 0 unspecified atom stereocenters. The van der Waals surface area contributed by atoms with Crippen LogP contribution in [0.4, 0.5) is 10.5 Å². The molecule has 3 aromatic rings.